The van der Waals surface area contributed by atoms with Crippen LogP contribution in [0.1, 0.15) is 19.0 Å². The van der Waals surface area contributed by atoms with Crippen molar-refractivity contribution in [2.24, 2.45) is 0 Å². The molecule has 1 atom stereocenters. The Kier molecular flexibility index (Phi) is 3.03. The van der Waals surface area contributed by atoms with Gasteiger partial charge in [-0.1, -0.05) is 0 Å². The van der Waals surface area contributed by atoms with E-state index in [9.17, 15) is 4.79 Å². The standard InChI is InChI=1S/C11H16N4O/c1-8-5-11(13-7-12-8)14-10-3-4-15(6-10)9(2)16/h5,7,10H,3-4,6H2,1-2H3,(H,12,13,14)/t10-/m0/s1. The van der Waals surface area contributed by atoms with Crippen LogP contribution in [-0.2, 0) is 4.79 Å². The van der Waals surface area contributed by atoms with Gasteiger partial charge in [0.1, 0.15) is 12.1 Å². The molecule has 1 aliphatic heterocycles. The van der Waals surface area contributed by atoms with Crippen LogP contribution in [0.5, 0.6) is 0 Å². The number of aryl methyl sites for hydroxylation is 1. The summed E-state index contributed by atoms with van der Waals surface area (Å²) >= 11 is 0. The molecule has 0 spiro atoms. The van der Waals surface area contributed by atoms with E-state index in [0.29, 0.717) is 6.04 Å². The van der Waals surface area contributed by atoms with Crippen LogP contribution in [-0.4, -0.2) is 39.9 Å². The summed E-state index contributed by atoms with van der Waals surface area (Å²) in [6.45, 7) is 5.13. The lowest BCUT2D eigenvalue weighted by molar-refractivity contribution is -0.127. The van der Waals surface area contributed by atoms with Crippen LogP contribution in [0.25, 0.3) is 0 Å². The molecular formula is C11H16N4O. The molecule has 0 unspecified atom stereocenters. The summed E-state index contributed by atoms with van der Waals surface area (Å²) < 4.78 is 0. The Morgan fingerprint density at radius 2 is 2.38 bits per heavy atom. The number of rotatable bonds is 2. The smallest absolute Gasteiger partial charge is 0.219 e. The molecule has 1 amide bonds. The first-order valence-electron chi connectivity index (χ1n) is 5.46. The Hall–Kier alpha value is -1.65. The molecule has 0 bridgehead atoms. The second kappa shape index (κ2) is 4.47. The quantitative estimate of drug-likeness (QED) is 0.801. The largest absolute Gasteiger partial charge is 0.365 e. The molecule has 1 fully saturated rings. The molecule has 86 valence electrons. The second-order valence-electron chi connectivity index (χ2n) is 4.14. The van der Waals surface area contributed by atoms with Crippen molar-refractivity contribution in [3.05, 3.63) is 18.1 Å². The van der Waals surface area contributed by atoms with Gasteiger partial charge in [-0.05, 0) is 13.3 Å². The number of anilines is 1. The van der Waals surface area contributed by atoms with Gasteiger partial charge in [-0.2, -0.15) is 0 Å². The third-order valence-electron chi connectivity index (χ3n) is 2.79. The van der Waals surface area contributed by atoms with Crippen molar-refractivity contribution >= 4 is 11.7 Å². The van der Waals surface area contributed by atoms with Gasteiger partial charge in [-0.25, -0.2) is 9.97 Å². The number of carbonyl (C=O) groups excluding carboxylic acids is 1. The first-order chi connectivity index (χ1) is 7.65. The maximum Gasteiger partial charge on any atom is 0.219 e. The van der Waals surface area contributed by atoms with E-state index in [1.54, 1.807) is 13.3 Å². The van der Waals surface area contributed by atoms with E-state index in [1.165, 1.54) is 0 Å². The van der Waals surface area contributed by atoms with E-state index < -0.39 is 0 Å². The SMILES string of the molecule is CC(=O)N1CC[C@H](Nc2cc(C)ncn2)C1. The van der Waals surface area contributed by atoms with Crippen molar-refractivity contribution in [2.75, 3.05) is 18.4 Å². The summed E-state index contributed by atoms with van der Waals surface area (Å²) in [6.07, 6.45) is 2.53. The molecule has 0 aromatic carbocycles. The van der Waals surface area contributed by atoms with Gasteiger partial charge in [0.05, 0.1) is 0 Å². The number of amides is 1. The Bertz CT molecular complexity index is 393. The first kappa shape index (κ1) is 10.9. The molecule has 1 aromatic heterocycles. The highest BCUT2D eigenvalue weighted by atomic mass is 16.2. The monoisotopic (exact) mass is 220 g/mol. The fourth-order valence-corrected chi connectivity index (χ4v) is 1.91. The molecule has 1 N–H and O–H groups in total. The maximum absolute atomic E-state index is 11.2. The van der Waals surface area contributed by atoms with Gasteiger partial charge in [0, 0.05) is 37.8 Å². The van der Waals surface area contributed by atoms with Crippen LogP contribution in [0.4, 0.5) is 5.82 Å². The number of nitrogens with one attached hydrogen (secondary N) is 1. The van der Waals surface area contributed by atoms with Gasteiger partial charge in [-0.3, -0.25) is 4.79 Å². The molecule has 1 aromatic rings. The topological polar surface area (TPSA) is 58.1 Å². The van der Waals surface area contributed by atoms with Crippen LogP contribution in [0, 0.1) is 6.92 Å². The van der Waals surface area contributed by atoms with Crippen molar-refractivity contribution in [2.45, 2.75) is 26.3 Å². The van der Waals surface area contributed by atoms with Crippen LogP contribution in [0.2, 0.25) is 0 Å². The Morgan fingerprint density at radius 3 is 3.00 bits per heavy atom. The van der Waals surface area contributed by atoms with Gasteiger partial charge in [-0.15, -0.1) is 0 Å². The molecule has 0 radical (unpaired) electrons. The van der Waals surface area contributed by atoms with Gasteiger partial charge in [0.25, 0.3) is 0 Å². The molecular weight excluding hydrogens is 204 g/mol. The minimum Gasteiger partial charge on any atom is -0.365 e. The minimum absolute atomic E-state index is 0.142. The molecule has 1 saturated heterocycles. The molecule has 2 rings (SSSR count). The lowest BCUT2D eigenvalue weighted by Gasteiger charge is -2.15. The van der Waals surface area contributed by atoms with Gasteiger partial charge < -0.3 is 10.2 Å². The lowest BCUT2D eigenvalue weighted by atomic mass is 10.2. The first-order valence-corrected chi connectivity index (χ1v) is 5.46. The zero-order valence-corrected chi connectivity index (χ0v) is 9.60. The Labute approximate surface area is 94.9 Å². The molecule has 2 heterocycles. The van der Waals surface area contributed by atoms with Gasteiger partial charge in [0.15, 0.2) is 0 Å². The number of likely N-dealkylation sites (tertiary alicyclic amines) is 1. The summed E-state index contributed by atoms with van der Waals surface area (Å²) in [4.78, 5) is 21.2. The molecule has 5 nitrogen and oxygen atoms in total. The van der Waals surface area contributed by atoms with E-state index in [0.717, 1.165) is 31.0 Å². The lowest BCUT2D eigenvalue weighted by Crippen LogP contribution is -2.29. The third-order valence-corrected chi connectivity index (χ3v) is 2.79. The van der Waals surface area contributed by atoms with E-state index in [4.69, 9.17) is 0 Å². The highest BCUT2D eigenvalue weighted by molar-refractivity contribution is 5.73. The highest BCUT2D eigenvalue weighted by Crippen LogP contribution is 2.14. The van der Waals surface area contributed by atoms with Crippen molar-refractivity contribution in [1.82, 2.24) is 14.9 Å². The van der Waals surface area contributed by atoms with Crippen LogP contribution < -0.4 is 5.32 Å². The van der Waals surface area contributed by atoms with E-state index in [-0.39, 0.29) is 5.91 Å². The van der Waals surface area contributed by atoms with E-state index >= 15 is 0 Å². The van der Waals surface area contributed by atoms with Gasteiger partial charge >= 0.3 is 0 Å². The number of nitrogens with zero attached hydrogens (tertiary/aromatic N) is 3. The third kappa shape index (κ3) is 2.48. The minimum atomic E-state index is 0.142. The fourth-order valence-electron chi connectivity index (χ4n) is 1.91. The second-order valence-corrected chi connectivity index (χ2v) is 4.14. The predicted molar refractivity (Wildman–Crippen MR) is 61.1 cm³/mol. The number of hydrogen-bond acceptors (Lipinski definition) is 4. The zero-order chi connectivity index (χ0) is 11.5. The predicted octanol–water partition coefficient (Wildman–Crippen LogP) is 0.818. The zero-order valence-electron chi connectivity index (χ0n) is 9.60. The summed E-state index contributed by atoms with van der Waals surface area (Å²) in [5.41, 5.74) is 0.943. The van der Waals surface area contributed by atoms with Crippen LogP contribution in [0.15, 0.2) is 12.4 Å². The summed E-state index contributed by atoms with van der Waals surface area (Å²) in [5, 5.41) is 3.32. The number of aromatic nitrogens is 2. The van der Waals surface area contributed by atoms with Crippen LogP contribution in [0.3, 0.4) is 0 Å². The van der Waals surface area contributed by atoms with Crippen LogP contribution >= 0.6 is 0 Å². The fraction of sp³-hybridized carbons (Fsp3) is 0.545. The highest BCUT2D eigenvalue weighted by Gasteiger charge is 2.23. The van der Waals surface area contributed by atoms with Crippen molar-refractivity contribution < 1.29 is 4.79 Å². The van der Waals surface area contributed by atoms with Crippen molar-refractivity contribution in [1.29, 1.82) is 0 Å². The van der Waals surface area contributed by atoms with Gasteiger partial charge in [0.2, 0.25) is 5.91 Å². The molecule has 0 saturated carbocycles. The maximum atomic E-state index is 11.2. The molecule has 0 aliphatic carbocycles. The van der Waals surface area contributed by atoms with E-state index in [2.05, 4.69) is 15.3 Å². The molecule has 1 aliphatic rings. The Morgan fingerprint density at radius 1 is 1.56 bits per heavy atom. The van der Waals surface area contributed by atoms with Crippen molar-refractivity contribution in [3.63, 3.8) is 0 Å². The number of hydrogen-bond donors (Lipinski definition) is 1. The summed E-state index contributed by atoms with van der Waals surface area (Å²) in [7, 11) is 0. The average molecular weight is 220 g/mol. The summed E-state index contributed by atoms with van der Waals surface area (Å²) in [5.74, 6) is 0.978. The summed E-state index contributed by atoms with van der Waals surface area (Å²) in [6, 6.07) is 2.22. The Balaban J connectivity index is 1.94. The number of carbonyl (C=O) groups is 1. The molecule has 16 heavy (non-hydrogen) atoms. The van der Waals surface area contributed by atoms with E-state index in [1.807, 2.05) is 17.9 Å². The average Bonchev–Trinajstić information content (AvgIpc) is 2.66. The van der Waals surface area contributed by atoms with Crippen molar-refractivity contribution in [3.8, 4) is 0 Å². The molecule has 5 heteroatoms. The normalized spacial score (nSPS) is 19.9.